The molecule has 0 aromatic heterocycles. The number of fused-ring (bicyclic) bond motifs is 1. The number of para-hydroxylation sites is 1. The molecule has 6 nitrogen and oxygen atoms in total. The topological polar surface area (TPSA) is 70.7 Å². The summed E-state index contributed by atoms with van der Waals surface area (Å²) in [5.41, 5.74) is 3.28. The van der Waals surface area contributed by atoms with Crippen LogP contribution in [-0.4, -0.2) is 52.1 Å². The number of aldehydes is 1. The molecule has 1 amide bonds. The Morgan fingerprint density at radius 3 is 2.83 bits per heavy atom. The van der Waals surface area contributed by atoms with Gasteiger partial charge in [0.05, 0.1) is 24.5 Å². The quantitative estimate of drug-likeness (QED) is 0.503. The van der Waals surface area contributed by atoms with Gasteiger partial charge in [0, 0.05) is 32.2 Å². The zero-order chi connectivity index (χ0) is 16.7. The summed E-state index contributed by atoms with van der Waals surface area (Å²) < 4.78 is 5.69. The Hall–Kier alpha value is -2.08. The average molecular weight is 319 g/mol. The molecular formula is C17H25N3O3. The molecule has 2 unspecified atom stereocenters. The molecule has 2 atom stereocenters. The second-order valence-corrected chi connectivity index (χ2v) is 5.51. The smallest absolute Gasteiger partial charge is 0.207 e. The number of nitrogens with one attached hydrogen (secondary N) is 2. The molecule has 23 heavy (non-hydrogen) atoms. The Bertz CT molecular complexity index is 536. The summed E-state index contributed by atoms with van der Waals surface area (Å²) >= 11 is 0. The van der Waals surface area contributed by atoms with Crippen LogP contribution in [0.2, 0.25) is 0 Å². The Morgan fingerprint density at radius 1 is 1.35 bits per heavy atom. The minimum Gasteiger partial charge on any atom is -0.386 e. The predicted octanol–water partition coefficient (Wildman–Crippen LogP) is 1.37. The molecule has 0 bridgehead atoms. The summed E-state index contributed by atoms with van der Waals surface area (Å²) in [5.74, 6) is 0.187. The Kier molecular flexibility index (Phi) is 6.40. The van der Waals surface area contributed by atoms with E-state index in [0.29, 0.717) is 32.7 Å². The van der Waals surface area contributed by atoms with Crippen LogP contribution in [0.15, 0.2) is 18.2 Å². The van der Waals surface area contributed by atoms with Crippen molar-refractivity contribution in [3.8, 4) is 0 Å². The fourth-order valence-electron chi connectivity index (χ4n) is 3.37. The van der Waals surface area contributed by atoms with Crippen LogP contribution in [0.3, 0.4) is 0 Å². The van der Waals surface area contributed by atoms with Gasteiger partial charge in [-0.3, -0.25) is 4.79 Å². The molecule has 6 heteroatoms. The minimum absolute atomic E-state index is 0.128. The molecule has 1 heterocycles. The summed E-state index contributed by atoms with van der Waals surface area (Å²) in [6.07, 6.45) is 2.41. The second kappa shape index (κ2) is 8.53. The van der Waals surface area contributed by atoms with Crippen molar-refractivity contribution >= 4 is 24.1 Å². The van der Waals surface area contributed by atoms with Gasteiger partial charge in [0.2, 0.25) is 6.41 Å². The van der Waals surface area contributed by atoms with Gasteiger partial charge in [0.1, 0.15) is 6.29 Å². The largest absolute Gasteiger partial charge is 0.386 e. The van der Waals surface area contributed by atoms with Crippen LogP contribution >= 0.6 is 0 Å². The van der Waals surface area contributed by atoms with E-state index in [-0.39, 0.29) is 12.0 Å². The van der Waals surface area contributed by atoms with Gasteiger partial charge < -0.3 is 25.1 Å². The SMILES string of the molecule is CCOCC1c2cccc(NC)c2N(CC=O)C1CCNC=O. The molecule has 0 saturated heterocycles. The van der Waals surface area contributed by atoms with Gasteiger partial charge in [0.15, 0.2) is 0 Å². The van der Waals surface area contributed by atoms with Crippen molar-refractivity contribution in [2.24, 2.45) is 0 Å². The normalized spacial score (nSPS) is 19.3. The number of amides is 1. The van der Waals surface area contributed by atoms with Crippen molar-refractivity contribution in [2.75, 3.05) is 43.6 Å². The van der Waals surface area contributed by atoms with Crippen molar-refractivity contribution in [3.63, 3.8) is 0 Å². The highest BCUT2D eigenvalue weighted by Crippen LogP contribution is 2.46. The predicted molar refractivity (Wildman–Crippen MR) is 91.1 cm³/mol. The van der Waals surface area contributed by atoms with Crippen molar-refractivity contribution in [1.29, 1.82) is 0 Å². The first-order valence-electron chi connectivity index (χ1n) is 8.04. The third-order valence-electron chi connectivity index (χ3n) is 4.33. The van der Waals surface area contributed by atoms with E-state index >= 15 is 0 Å². The molecule has 2 rings (SSSR count). The lowest BCUT2D eigenvalue weighted by molar-refractivity contribution is -0.109. The van der Waals surface area contributed by atoms with E-state index in [1.54, 1.807) is 0 Å². The van der Waals surface area contributed by atoms with Crippen molar-refractivity contribution < 1.29 is 14.3 Å². The van der Waals surface area contributed by atoms with E-state index in [0.717, 1.165) is 24.1 Å². The van der Waals surface area contributed by atoms with Gasteiger partial charge in [-0.2, -0.15) is 0 Å². The second-order valence-electron chi connectivity index (χ2n) is 5.51. The van der Waals surface area contributed by atoms with Crippen LogP contribution in [-0.2, 0) is 14.3 Å². The van der Waals surface area contributed by atoms with E-state index in [9.17, 15) is 9.59 Å². The number of carbonyl (C=O) groups is 2. The van der Waals surface area contributed by atoms with Crippen LogP contribution in [0.4, 0.5) is 11.4 Å². The average Bonchev–Trinajstić information content (AvgIpc) is 2.87. The highest BCUT2D eigenvalue weighted by atomic mass is 16.5. The van der Waals surface area contributed by atoms with Crippen LogP contribution in [0.5, 0.6) is 0 Å². The van der Waals surface area contributed by atoms with Crippen LogP contribution in [0, 0.1) is 0 Å². The van der Waals surface area contributed by atoms with Crippen molar-refractivity contribution in [2.45, 2.75) is 25.3 Å². The van der Waals surface area contributed by atoms with Gasteiger partial charge in [-0.15, -0.1) is 0 Å². The number of carbonyl (C=O) groups excluding carboxylic acids is 2. The maximum Gasteiger partial charge on any atom is 0.207 e. The number of anilines is 2. The van der Waals surface area contributed by atoms with Gasteiger partial charge in [0.25, 0.3) is 0 Å². The molecule has 1 aromatic carbocycles. The van der Waals surface area contributed by atoms with E-state index < -0.39 is 0 Å². The standard InChI is InChI=1S/C17H25N3O3/c1-3-23-11-14-13-5-4-6-15(18-2)17(13)20(9-10-21)16(14)7-8-19-12-22/h4-6,10,12,14,16,18H,3,7-9,11H2,1-2H3,(H,19,22). The Morgan fingerprint density at radius 2 is 2.17 bits per heavy atom. The highest BCUT2D eigenvalue weighted by molar-refractivity contribution is 5.80. The zero-order valence-electron chi connectivity index (χ0n) is 13.7. The molecule has 126 valence electrons. The maximum absolute atomic E-state index is 11.2. The minimum atomic E-state index is 0.128. The number of nitrogens with zero attached hydrogens (tertiary/aromatic N) is 1. The fourth-order valence-corrected chi connectivity index (χ4v) is 3.37. The number of hydrogen-bond acceptors (Lipinski definition) is 5. The third kappa shape index (κ3) is 3.64. The molecular weight excluding hydrogens is 294 g/mol. The van der Waals surface area contributed by atoms with E-state index in [2.05, 4.69) is 21.6 Å². The van der Waals surface area contributed by atoms with E-state index in [1.165, 1.54) is 5.56 Å². The lowest BCUT2D eigenvalue weighted by Crippen LogP contribution is -2.39. The third-order valence-corrected chi connectivity index (χ3v) is 4.33. The first-order chi connectivity index (χ1) is 11.3. The summed E-state index contributed by atoms with van der Waals surface area (Å²) in [4.78, 5) is 23.9. The maximum atomic E-state index is 11.2. The van der Waals surface area contributed by atoms with Crippen LogP contribution in [0.1, 0.15) is 24.8 Å². The first-order valence-corrected chi connectivity index (χ1v) is 8.04. The molecule has 1 aromatic rings. The number of rotatable bonds is 10. The Balaban J connectivity index is 2.36. The Labute approximate surface area is 137 Å². The van der Waals surface area contributed by atoms with E-state index in [4.69, 9.17) is 4.74 Å². The van der Waals surface area contributed by atoms with Crippen LogP contribution < -0.4 is 15.5 Å². The molecule has 2 N–H and O–H groups in total. The lowest BCUT2D eigenvalue weighted by Gasteiger charge is -2.29. The number of hydrogen-bond donors (Lipinski definition) is 2. The monoisotopic (exact) mass is 319 g/mol. The molecule has 1 aliphatic rings. The lowest BCUT2D eigenvalue weighted by atomic mass is 9.93. The number of benzene rings is 1. The van der Waals surface area contributed by atoms with Gasteiger partial charge in [-0.05, 0) is 25.0 Å². The zero-order valence-corrected chi connectivity index (χ0v) is 13.7. The summed E-state index contributed by atoms with van der Waals surface area (Å²) in [6, 6.07) is 6.27. The molecule has 0 spiro atoms. The highest BCUT2D eigenvalue weighted by Gasteiger charge is 2.39. The molecule has 0 radical (unpaired) electrons. The molecule has 0 aliphatic carbocycles. The fraction of sp³-hybridized carbons (Fsp3) is 0.529. The molecule has 0 fully saturated rings. The van der Waals surface area contributed by atoms with Crippen LogP contribution in [0.25, 0.3) is 0 Å². The number of ether oxygens (including phenoxy) is 1. The van der Waals surface area contributed by atoms with Gasteiger partial charge >= 0.3 is 0 Å². The molecule has 1 aliphatic heterocycles. The van der Waals surface area contributed by atoms with E-state index in [1.807, 2.05) is 26.1 Å². The van der Waals surface area contributed by atoms with Gasteiger partial charge in [-0.25, -0.2) is 0 Å². The van der Waals surface area contributed by atoms with Crippen molar-refractivity contribution in [3.05, 3.63) is 23.8 Å². The molecule has 0 saturated carbocycles. The summed E-state index contributed by atoms with van der Waals surface area (Å²) in [5, 5.41) is 5.93. The van der Waals surface area contributed by atoms with Crippen molar-refractivity contribution in [1.82, 2.24) is 5.32 Å². The first kappa shape index (κ1) is 17.3. The summed E-state index contributed by atoms with van der Waals surface area (Å²) in [6.45, 7) is 4.16. The summed E-state index contributed by atoms with van der Waals surface area (Å²) in [7, 11) is 1.88. The van der Waals surface area contributed by atoms with Gasteiger partial charge in [-0.1, -0.05) is 12.1 Å².